The Morgan fingerprint density at radius 1 is 1.05 bits per heavy atom. The van der Waals surface area contributed by atoms with Crippen molar-refractivity contribution in [3.8, 4) is 0 Å². The average Bonchev–Trinajstić information content (AvgIpc) is 2.44. The zero-order chi connectivity index (χ0) is 15.4. The van der Waals surface area contributed by atoms with Crippen molar-refractivity contribution in [1.29, 1.82) is 0 Å². The Balaban J connectivity index is 2.14. The van der Waals surface area contributed by atoms with Gasteiger partial charge in [-0.05, 0) is 37.1 Å². The number of benzene rings is 1. The van der Waals surface area contributed by atoms with E-state index in [9.17, 15) is 0 Å². The third kappa shape index (κ3) is 4.26. The SMILES string of the molecule is Cc1cc(C)cc(N(C)c2ncc(CNC(C)C)cn2)c1. The van der Waals surface area contributed by atoms with Crippen LogP contribution in [-0.4, -0.2) is 23.1 Å². The molecular formula is C17H24N4. The Morgan fingerprint density at radius 2 is 1.62 bits per heavy atom. The van der Waals surface area contributed by atoms with Crippen molar-refractivity contribution >= 4 is 11.6 Å². The van der Waals surface area contributed by atoms with Crippen LogP contribution >= 0.6 is 0 Å². The van der Waals surface area contributed by atoms with E-state index in [-0.39, 0.29) is 0 Å². The molecule has 1 N–H and O–H groups in total. The maximum Gasteiger partial charge on any atom is 0.229 e. The highest BCUT2D eigenvalue weighted by Gasteiger charge is 2.08. The highest BCUT2D eigenvalue weighted by Crippen LogP contribution is 2.22. The van der Waals surface area contributed by atoms with Crippen LogP contribution in [0.4, 0.5) is 11.6 Å². The minimum atomic E-state index is 0.461. The molecule has 0 atom stereocenters. The van der Waals surface area contributed by atoms with E-state index in [0.717, 1.165) is 17.8 Å². The third-order valence-corrected chi connectivity index (χ3v) is 3.30. The third-order valence-electron chi connectivity index (χ3n) is 3.30. The summed E-state index contributed by atoms with van der Waals surface area (Å²) in [6.45, 7) is 9.26. The summed E-state index contributed by atoms with van der Waals surface area (Å²) in [5, 5.41) is 3.36. The van der Waals surface area contributed by atoms with E-state index in [1.807, 2.05) is 24.3 Å². The van der Waals surface area contributed by atoms with Crippen LogP contribution in [0.25, 0.3) is 0 Å². The lowest BCUT2D eigenvalue weighted by molar-refractivity contribution is 0.587. The first-order chi connectivity index (χ1) is 9.95. The Hall–Kier alpha value is -1.94. The molecule has 2 rings (SSSR count). The zero-order valence-corrected chi connectivity index (χ0v) is 13.5. The molecule has 0 unspecified atom stereocenters. The molecule has 0 amide bonds. The lowest BCUT2D eigenvalue weighted by Crippen LogP contribution is -2.22. The summed E-state index contributed by atoms with van der Waals surface area (Å²) >= 11 is 0. The van der Waals surface area contributed by atoms with Crippen molar-refractivity contribution in [1.82, 2.24) is 15.3 Å². The highest BCUT2D eigenvalue weighted by atomic mass is 15.2. The fourth-order valence-electron chi connectivity index (χ4n) is 2.19. The fourth-order valence-corrected chi connectivity index (χ4v) is 2.19. The Morgan fingerprint density at radius 3 is 2.14 bits per heavy atom. The summed E-state index contributed by atoms with van der Waals surface area (Å²) in [5.74, 6) is 0.716. The molecule has 1 aromatic heterocycles. The normalized spacial score (nSPS) is 11.0. The Bertz CT molecular complexity index is 570. The van der Waals surface area contributed by atoms with Crippen molar-refractivity contribution < 1.29 is 0 Å². The first-order valence-corrected chi connectivity index (χ1v) is 7.32. The summed E-state index contributed by atoms with van der Waals surface area (Å²) in [5.41, 5.74) is 4.70. The molecule has 112 valence electrons. The molecule has 0 aliphatic carbocycles. The Kier molecular flexibility index (Phi) is 4.91. The van der Waals surface area contributed by atoms with Crippen LogP contribution in [0.1, 0.15) is 30.5 Å². The van der Waals surface area contributed by atoms with Gasteiger partial charge in [-0.25, -0.2) is 9.97 Å². The summed E-state index contributed by atoms with van der Waals surface area (Å²) < 4.78 is 0. The average molecular weight is 284 g/mol. The largest absolute Gasteiger partial charge is 0.314 e. The summed E-state index contributed by atoms with van der Waals surface area (Å²) in [4.78, 5) is 10.9. The molecule has 0 fully saturated rings. The number of nitrogens with zero attached hydrogens (tertiary/aromatic N) is 3. The maximum absolute atomic E-state index is 4.47. The predicted molar refractivity (Wildman–Crippen MR) is 88.0 cm³/mol. The highest BCUT2D eigenvalue weighted by molar-refractivity contribution is 5.58. The van der Waals surface area contributed by atoms with Crippen LogP contribution in [0, 0.1) is 13.8 Å². The van der Waals surface area contributed by atoms with Gasteiger partial charge in [-0.3, -0.25) is 0 Å². The number of nitrogens with one attached hydrogen (secondary N) is 1. The van der Waals surface area contributed by atoms with Crippen LogP contribution in [0.15, 0.2) is 30.6 Å². The van der Waals surface area contributed by atoms with Crippen molar-refractivity contribution in [3.05, 3.63) is 47.3 Å². The quantitative estimate of drug-likeness (QED) is 0.914. The topological polar surface area (TPSA) is 41.1 Å². The molecule has 0 radical (unpaired) electrons. The van der Waals surface area contributed by atoms with Crippen LogP contribution in [0.2, 0.25) is 0 Å². The minimum Gasteiger partial charge on any atom is -0.314 e. The first-order valence-electron chi connectivity index (χ1n) is 7.32. The van der Waals surface area contributed by atoms with E-state index in [4.69, 9.17) is 0 Å². The zero-order valence-electron chi connectivity index (χ0n) is 13.5. The fraction of sp³-hybridized carbons (Fsp3) is 0.412. The van der Waals surface area contributed by atoms with Crippen LogP contribution in [0.5, 0.6) is 0 Å². The van der Waals surface area contributed by atoms with E-state index in [1.165, 1.54) is 11.1 Å². The number of anilines is 2. The molecule has 2 aromatic rings. The molecule has 1 heterocycles. The molecular weight excluding hydrogens is 260 g/mol. The monoisotopic (exact) mass is 284 g/mol. The maximum atomic E-state index is 4.47. The lowest BCUT2D eigenvalue weighted by Gasteiger charge is -2.18. The van der Waals surface area contributed by atoms with Gasteiger partial charge in [0.25, 0.3) is 0 Å². The van der Waals surface area contributed by atoms with Gasteiger partial charge >= 0.3 is 0 Å². The molecule has 0 spiro atoms. The van der Waals surface area contributed by atoms with Crippen molar-refractivity contribution in [2.45, 2.75) is 40.3 Å². The standard InChI is InChI=1S/C17H24N4/c1-12(2)18-9-15-10-19-17(20-11-15)21(5)16-7-13(3)6-14(4)8-16/h6-8,10-12,18H,9H2,1-5H3. The second-order valence-electron chi connectivity index (χ2n) is 5.83. The molecule has 0 aliphatic heterocycles. The molecule has 4 heteroatoms. The van der Waals surface area contributed by atoms with Gasteiger partial charge in [0.15, 0.2) is 0 Å². The lowest BCUT2D eigenvalue weighted by atomic mass is 10.1. The number of rotatable bonds is 5. The van der Waals surface area contributed by atoms with E-state index >= 15 is 0 Å². The number of hydrogen-bond donors (Lipinski definition) is 1. The Labute approximate surface area is 127 Å². The van der Waals surface area contributed by atoms with Gasteiger partial charge in [0.05, 0.1) is 0 Å². The van der Waals surface area contributed by atoms with Gasteiger partial charge in [0.1, 0.15) is 0 Å². The van der Waals surface area contributed by atoms with Gasteiger partial charge in [-0.15, -0.1) is 0 Å². The molecule has 21 heavy (non-hydrogen) atoms. The summed E-state index contributed by atoms with van der Waals surface area (Å²) in [6, 6.07) is 6.91. The second-order valence-corrected chi connectivity index (χ2v) is 5.83. The number of hydrogen-bond acceptors (Lipinski definition) is 4. The van der Waals surface area contributed by atoms with Crippen molar-refractivity contribution in [2.24, 2.45) is 0 Å². The van der Waals surface area contributed by atoms with E-state index < -0.39 is 0 Å². The van der Waals surface area contributed by atoms with Gasteiger partial charge in [0.2, 0.25) is 5.95 Å². The predicted octanol–water partition coefficient (Wildman–Crippen LogP) is 3.36. The number of aromatic nitrogens is 2. The van der Waals surface area contributed by atoms with E-state index in [1.54, 1.807) is 0 Å². The number of aryl methyl sites for hydroxylation is 2. The van der Waals surface area contributed by atoms with Gasteiger partial charge < -0.3 is 10.2 Å². The smallest absolute Gasteiger partial charge is 0.229 e. The van der Waals surface area contributed by atoms with Crippen LogP contribution in [-0.2, 0) is 6.54 Å². The van der Waals surface area contributed by atoms with E-state index in [0.29, 0.717) is 12.0 Å². The van der Waals surface area contributed by atoms with Crippen molar-refractivity contribution in [3.63, 3.8) is 0 Å². The molecule has 1 aromatic carbocycles. The minimum absolute atomic E-state index is 0.461. The summed E-state index contributed by atoms with van der Waals surface area (Å²) in [6.07, 6.45) is 3.77. The first kappa shape index (κ1) is 15.4. The van der Waals surface area contributed by atoms with Crippen LogP contribution < -0.4 is 10.2 Å². The van der Waals surface area contributed by atoms with Crippen molar-refractivity contribution in [2.75, 3.05) is 11.9 Å². The molecule has 0 saturated heterocycles. The van der Waals surface area contributed by atoms with E-state index in [2.05, 4.69) is 61.2 Å². The molecule has 0 bridgehead atoms. The van der Waals surface area contributed by atoms with Gasteiger partial charge in [-0.1, -0.05) is 19.9 Å². The molecule has 0 aliphatic rings. The second kappa shape index (κ2) is 6.68. The van der Waals surface area contributed by atoms with Gasteiger partial charge in [-0.2, -0.15) is 0 Å². The van der Waals surface area contributed by atoms with Gasteiger partial charge in [0, 0.05) is 43.3 Å². The molecule has 4 nitrogen and oxygen atoms in total. The molecule has 0 saturated carbocycles. The van der Waals surface area contributed by atoms with Crippen LogP contribution in [0.3, 0.4) is 0 Å². The summed E-state index contributed by atoms with van der Waals surface area (Å²) in [7, 11) is 2.00.